The predicted molar refractivity (Wildman–Crippen MR) is 65.2 cm³/mol. The third kappa shape index (κ3) is 3.69. The lowest BCUT2D eigenvalue weighted by Gasteiger charge is -2.15. The summed E-state index contributed by atoms with van der Waals surface area (Å²) in [7, 11) is 0. The second-order valence-electron chi connectivity index (χ2n) is 4.31. The molecule has 1 aromatic rings. The van der Waals surface area contributed by atoms with Gasteiger partial charge in [0.2, 0.25) is 0 Å². The molecule has 0 spiro atoms. The van der Waals surface area contributed by atoms with E-state index in [1.165, 1.54) is 32.1 Å². The van der Waals surface area contributed by atoms with Crippen LogP contribution in [0.4, 0.5) is 0 Å². The standard InChI is InChI=1S/C14H18NO/c1-3-7-13(8-4-1)11-15-16-12-14-9-5-2-6-10-14/h2,5-6,9-10,13H,1,3-4,7-8,12H2. The number of nitrogens with zero attached hydrogens (tertiary/aromatic N) is 1. The van der Waals surface area contributed by atoms with Crippen molar-refractivity contribution in [2.75, 3.05) is 0 Å². The van der Waals surface area contributed by atoms with Crippen LogP contribution in [-0.4, -0.2) is 6.21 Å². The molecule has 0 saturated heterocycles. The highest BCUT2D eigenvalue weighted by atomic mass is 16.6. The van der Waals surface area contributed by atoms with Crippen molar-refractivity contribution in [2.45, 2.75) is 38.7 Å². The molecule has 1 fully saturated rings. The largest absolute Gasteiger partial charge is 0.391 e. The fourth-order valence-electron chi connectivity index (χ4n) is 2.02. The van der Waals surface area contributed by atoms with Crippen molar-refractivity contribution in [2.24, 2.45) is 11.1 Å². The van der Waals surface area contributed by atoms with Crippen LogP contribution in [0.3, 0.4) is 0 Å². The lowest BCUT2D eigenvalue weighted by Crippen LogP contribution is -2.07. The molecule has 1 aromatic carbocycles. The first kappa shape index (κ1) is 11.2. The summed E-state index contributed by atoms with van der Waals surface area (Å²) in [6, 6.07) is 10.1. The Bertz CT molecular complexity index is 315. The lowest BCUT2D eigenvalue weighted by atomic mass is 9.90. The molecule has 0 aliphatic heterocycles. The molecular weight excluding hydrogens is 198 g/mol. The average molecular weight is 216 g/mol. The van der Waals surface area contributed by atoms with Crippen LogP contribution in [0.25, 0.3) is 0 Å². The van der Waals surface area contributed by atoms with Gasteiger partial charge in [0.25, 0.3) is 0 Å². The van der Waals surface area contributed by atoms with Crippen LogP contribution >= 0.6 is 0 Å². The van der Waals surface area contributed by atoms with E-state index >= 15 is 0 Å². The SMILES string of the molecule is [C](=N/OCc1ccccc1)/C1CCCCC1. The average Bonchev–Trinajstić information content (AvgIpc) is 2.37. The van der Waals surface area contributed by atoms with E-state index in [1.54, 1.807) is 0 Å². The van der Waals surface area contributed by atoms with Gasteiger partial charge in [0, 0.05) is 5.92 Å². The van der Waals surface area contributed by atoms with Crippen LogP contribution in [0.1, 0.15) is 37.7 Å². The predicted octanol–water partition coefficient (Wildman–Crippen LogP) is 3.65. The monoisotopic (exact) mass is 216 g/mol. The lowest BCUT2D eigenvalue weighted by molar-refractivity contribution is 0.130. The van der Waals surface area contributed by atoms with Crippen molar-refractivity contribution in [3.8, 4) is 0 Å². The van der Waals surface area contributed by atoms with E-state index in [9.17, 15) is 0 Å². The fourth-order valence-corrected chi connectivity index (χ4v) is 2.02. The Balaban J connectivity index is 1.69. The Hall–Kier alpha value is -1.31. The molecule has 1 aliphatic rings. The number of rotatable bonds is 4. The Morgan fingerprint density at radius 3 is 2.62 bits per heavy atom. The summed E-state index contributed by atoms with van der Waals surface area (Å²) < 4.78 is 0. The van der Waals surface area contributed by atoms with Gasteiger partial charge >= 0.3 is 0 Å². The minimum atomic E-state index is 0.518. The molecule has 1 radical (unpaired) electrons. The Kier molecular flexibility index (Phi) is 4.41. The molecule has 1 saturated carbocycles. The second-order valence-corrected chi connectivity index (χ2v) is 4.31. The van der Waals surface area contributed by atoms with Gasteiger partial charge in [-0.3, -0.25) is 0 Å². The second kappa shape index (κ2) is 6.31. The van der Waals surface area contributed by atoms with Crippen molar-refractivity contribution in [3.63, 3.8) is 0 Å². The smallest absolute Gasteiger partial charge is 0.142 e. The van der Waals surface area contributed by atoms with Crippen molar-refractivity contribution in [3.05, 3.63) is 35.9 Å². The minimum absolute atomic E-state index is 0.518. The summed E-state index contributed by atoms with van der Waals surface area (Å²) in [4.78, 5) is 5.24. The molecule has 16 heavy (non-hydrogen) atoms. The molecule has 0 unspecified atom stereocenters. The van der Waals surface area contributed by atoms with Gasteiger partial charge in [-0.05, 0) is 18.4 Å². The molecule has 0 atom stereocenters. The van der Waals surface area contributed by atoms with Crippen LogP contribution in [0, 0.1) is 5.92 Å². The fraction of sp³-hybridized carbons (Fsp3) is 0.500. The van der Waals surface area contributed by atoms with E-state index in [-0.39, 0.29) is 0 Å². The molecule has 0 bridgehead atoms. The van der Waals surface area contributed by atoms with E-state index in [2.05, 4.69) is 11.4 Å². The molecule has 2 heteroatoms. The Labute approximate surface area is 97.3 Å². The van der Waals surface area contributed by atoms with Gasteiger partial charge in [-0.2, -0.15) is 0 Å². The molecule has 2 rings (SSSR count). The topological polar surface area (TPSA) is 21.6 Å². The van der Waals surface area contributed by atoms with Gasteiger partial charge in [0.05, 0.1) is 0 Å². The quantitative estimate of drug-likeness (QED) is 0.556. The Morgan fingerprint density at radius 1 is 1.12 bits per heavy atom. The highest BCUT2D eigenvalue weighted by Gasteiger charge is 2.11. The first-order chi connectivity index (χ1) is 7.95. The van der Waals surface area contributed by atoms with Crippen molar-refractivity contribution in [1.29, 1.82) is 0 Å². The maximum Gasteiger partial charge on any atom is 0.142 e. The molecular formula is C14H18NO. The van der Waals surface area contributed by atoms with Crippen LogP contribution in [0.15, 0.2) is 35.5 Å². The highest BCUT2D eigenvalue weighted by Crippen LogP contribution is 2.21. The first-order valence-electron chi connectivity index (χ1n) is 6.06. The van der Waals surface area contributed by atoms with E-state index in [1.807, 2.05) is 30.3 Å². The molecule has 2 nitrogen and oxygen atoms in total. The normalized spacial score (nSPS) is 17.8. The summed E-state index contributed by atoms with van der Waals surface area (Å²) in [6.07, 6.45) is 9.52. The summed E-state index contributed by atoms with van der Waals surface area (Å²) in [5.74, 6) is 0.518. The highest BCUT2D eigenvalue weighted by molar-refractivity contribution is 5.59. The zero-order chi connectivity index (χ0) is 11.1. The molecule has 0 aromatic heterocycles. The molecule has 85 valence electrons. The van der Waals surface area contributed by atoms with E-state index in [0.29, 0.717) is 12.5 Å². The number of hydrogen-bond donors (Lipinski definition) is 0. The van der Waals surface area contributed by atoms with Crippen LogP contribution in [-0.2, 0) is 11.4 Å². The van der Waals surface area contributed by atoms with Gasteiger partial charge in [-0.15, -0.1) is 0 Å². The maximum atomic E-state index is 5.24. The van der Waals surface area contributed by atoms with Crippen LogP contribution < -0.4 is 0 Å². The van der Waals surface area contributed by atoms with Crippen molar-refractivity contribution < 1.29 is 4.84 Å². The number of hydrogen-bond acceptors (Lipinski definition) is 2. The van der Waals surface area contributed by atoms with Gasteiger partial charge in [0.15, 0.2) is 0 Å². The van der Waals surface area contributed by atoms with Crippen molar-refractivity contribution >= 4 is 6.21 Å². The molecule has 0 amide bonds. The van der Waals surface area contributed by atoms with Crippen molar-refractivity contribution in [1.82, 2.24) is 0 Å². The summed E-state index contributed by atoms with van der Waals surface area (Å²) in [5.41, 5.74) is 1.15. The molecule has 1 aliphatic carbocycles. The number of benzene rings is 1. The first-order valence-corrected chi connectivity index (χ1v) is 6.06. The zero-order valence-electron chi connectivity index (χ0n) is 9.56. The summed E-state index contributed by atoms with van der Waals surface area (Å²) >= 11 is 0. The molecule has 0 heterocycles. The minimum Gasteiger partial charge on any atom is -0.391 e. The zero-order valence-corrected chi connectivity index (χ0v) is 9.56. The van der Waals surface area contributed by atoms with Gasteiger partial charge in [-0.25, -0.2) is 0 Å². The maximum absolute atomic E-state index is 5.24. The van der Waals surface area contributed by atoms with E-state index in [4.69, 9.17) is 4.84 Å². The van der Waals surface area contributed by atoms with Gasteiger partial charge < -0.3 is 4.84 Å². The van der Waals surface area contributed by atoms with Crippen LogP contribution in [0.2, 0.25) is 0 Å². The van der Waals surface area contributed by atoms with Gasteiger partial charge in [-0.1, -0.05) is 54.8 Å². The summed E-state index contributed by atoms with van der Waals surface area (Å²) in [5, 5.41) is 3.94. The molecule has 0 N–H and O–H groups in total. The van der Waals surface area contributed by atoms with E-state index in [0.717, 1.165) is 5.56 Å². The third-order valence-electron chi connectivity index (χ3n) is 2.98. The van der Waals surface area contributed by atoms with Gasteiger partial charge in [0.1, 0.15) is 12.8 Å². The third-order valence-corrected chi connectivity index (χ3v) is 2.98. The van der Waals surface area contributed by atoms with Crippen LogP contribution in [0.5, 0.6) is 0 Å². The van der Waals surface area contributed by atoms with E-state index < -0.39 is 0 Å². The Morgan fingerprint density at radius 2 is 1.88 bits per heavy atom. The summed E-state index contributed by atoms with van der Waals surface area (Å²) in [6.45, 7) is 0.542.